The third-order valence-electron chi connectivity index (χ3n) is 5.92. The molecular formula is C21H30ClN3O3. The molecule has 0 spiro atoms. The Bertz CT molecular complexity index is 685. The van der Waals surface area contributed by atoms with E-state index in [1.165, 1.54) is 19.3 Å². The zero-order chi connectivity index (χ0) is 20.0. The van der Waals surface area contributed by atoms with Crippen LogP contribution in [0.25, 0.3) is 0 Å². The minimum absolute atomic E-state index is 0.00412. The van der Waals surface area contributed by atoms with E-state index in [-0.39, 0.29) is 17.4 Å². The van der Waals surface area contributed by atoms with Gasteiger partial charge in [-0.1, -0.05) is 43.0 Å². The van der Waals surface area contributed by atoms with Gasteiger partial charge in [0.15, 0.2) is 0 Å². The summed E-state index contributed by atoms with van der Waals surface area (Å²) in [7, 11) is 0. The molecule has 1 atom stereocenters. The third-order valence-corrected chi connectivity index (χ3v) is 6.25. The molecule has 7 heteroatoms. The molecule has 2 amide bonds. The first-order valence-corrected chi connectivity index (χ1v) is 10.6. The van der Waals surface area contributed by atoms with Crippen molar-refractivity contribution in [1.82, 2.24) is 15.5 Å². The second-order valence-corrected chi connectivity index (χ2v) is 8.18. The summed E-state index contributed by atoms with van der Waals surface area (Å²) >= 11 is 6.07. The van der Waals surface area contributed by atoms with E-state index in [2.05, 4.69) is 15.5 Å². The fourth-order valence-electron chi connectivity index (χ4n) is 4.24. The maximum atomic E-state index is 12.7. The van der Waals surface area contributed by atoms with Gasteiger partial charge in [0.05, 0.1) is 23.8 Å². The van der Waals surface area contributed by atoms with Crippen LogP contribution in [0.3, 0.4) is 0 Å². The van der Waals surface area contributed by atoms with Gasteiger partial charge >= 0.3 is 0 Å². The fourth-order valence-corrected chi connectivity index (χ4v) is 4.46. The van der Waals surface area contributed by atoms with Crippen molar-refractivity contribution in [2.45, 2.75) is 50.6 Å². The average Bonchev–Trinajstić information content (AvgIpc) is 2.73. The first-order valence-electron chi connectivity index (χ1n) is 10.2. The lowest BCUT2D eigenvalue weighted by atomic mass is 9.79. The maximum Gasteiger partial charge on any atom is 0.253 e. The molecule has 1 heterocycles. The van der Waals surface area contributed by atoms with Gasteiger partial charge in [-0.2, -0.15) is 0 Å². The van der Waals surface area contributed by atoms with E-state index in [0.717, 1.165) is 39.1 Å². The van der Waals surface area contributed by atoms with Crippen molar-refractivity contribution in [1.29, 1.82) is 0 Å². The Hall–Kier alpha value is -1.63. The summed E-state index contributed by atoms with van der Waals surface area (Å²) in [6.07, 6.45) is 5.81. The molecule has 1 aliphatic heterocycles. The molecule has 2 aliphatic rings. The molecule has 28 heavy (non-hydrogen) atoms. The number of benzene rings is 1. The number of rotatable bonds is 6. The summed E-state index contributed by atoms with van der Waals surface area (Å²) in [5.41, 5.74) is 0.380. The van der Waals surface area contributed by atoms with Crippen LogP contribution in [0.4, 0.5) is 0 Å². The lowest BCUT2D eigenvalue weighted by molar-refractivity contribution is -0.123. The number of nitrogens with zero attached hydrogens (tertiary/aromatic N) is 1. The molecule has 3 rings (SSSR count). The first kappa shape index (κ1) is 21.1. The van der Waals surface area contributed by atoms with Gasteiger partial charge in [-0.15, -0.1) is 0 Å². The molecule has 154 valence electrons. The van der Waals surface area contributed by atoms with Crippen LogP contribution in [0.1, 0.15) is 49.4 Å². The predicted molar refractivity (Wildman–Crippen MR) is 110 cm³/mol. The minimum atomic E-state index is -0.630. The van der Waals surface area contributed by atoms with Crippen LogP contribution in [-0.4, -0.2) is 61.1 Å². The predicted octanol–water partition coefficient (Wildman–Crippen LogP) is 2.61. The second kappa shape index (κ2) is 9.72. The number of hydrogen-bond acceptors (Lipinski definition) is 4. The van der Waals surface area contributed by atoms with Gasteiger partial charge in [-0.05, 0) is 31.9 Å². The van der Waals surface area contributed by atoms with E-state index in [1.54, 1.807) is 31.2 Å². The Morgan fingerprint density at radius 1 is 1.18 bits per heavy atom. The van der Waals surface area contributed by atoms with Gasteiger partial charge in [0.25, 0.3) is 5.91 Å². The summed E-state index contributed by atoms with van der Waals surface area (Å²) < 4.78 is 5.51. The van der Waals surface area contributed by atoms with Crippen molar-refractivity contribution in [3.8, 4) is 0 Å². The van der Waals surface area contributed by atoms with Gasteiger partial charge in [0.2, 0.25) is 5.91 Å². The highest BCUT2D eigenvalue weighted by Gasteiger charge is 2.39. The Morgan fingerprint density at radius 2 is 1.86 bits per heavy atom. The normalized spacial score (nSPS) is 20.9. The van der Waals surface area contributed by atoms with Crippen LogP contribution in [-0.2, 0) is 9.53 Å². The number of carbonyl (C=O) groups is 2. The average molecular weight is 408 g/mol. The smallest absolute Gasteiger partial charge is 0.253 e. The molecular weight excluding hydrogens is 378 g/mol. The summed E-state index contributed by atoms with van der Waals surface area (Å²) in [6, 6.07) is 6.20. The molecule has 6 nitrogen and oxygen atoms in total. The summed E-state index contributed by atoms with van der Waals surface area (Å²) in [6.45, 7) is 5.63. The van der Waals surface area contributed by atoms with E-state index in [4.69, 9.17) is 16.3 Å². The molecule has 1 saturated heterocycles. The summed E-state index contributed by atoms with van der Waals surface area (Å²) in [5.74, 6) is -0.507. The van der Waals surface area contributed by atoms with E-state index in [1.807, 2.05) is 0 Å². The number of hydrogen-bond donors (Lipinski definition) is 2. The molecule has 1 aromatic rings. The number of halogens is 1. The van der Waals surface area contributed by atoms with Gasteiger partial charge in [0.1, 0.15) is 6.04 Å². The molecule has 1 aliphatic carbocycles. The van der Waals surface area contributed by atoms with Crippen molar-refractivity contribution in [3.05, 3.63) is 34.9 Å². The van der Waals surface area contributed by atoms with Gasteiger partial charge < -0.3 is 15.4 Å². The summed E-state index contributed by atoms with van der Waals surface area (Å²) in [4.78, 5) is 27.5. The maximum absolute atomic E-state index is 12.7. The SMILES string of the molecule is CC(NC(=O)c1ccccc1Cl)C(=O)NCC1(N2CCOCC2)CCCCC1. The highest BCUT2D eigenvalue weighted by atomic mass is 35.5. The topological polar surface area (TPSA) is 70.7 Å². The third kappa shape index (κ3) is 5.04. The van der Waals surface area contributed by atoms with E-state index < -0.39 is 6.04 Å². The standard InChI is InChI=1S/C21H30ClN3O3/c1-16(24-20(27)17-7-3-4-8-18(17)22)19(26)23-15-21(9-5-2-6-10-21)25-11-13-28-14-12-25/h3-4,7-8,16H,2,5-6,9-15H2,1H3,(H,23,26)(H,24,27). The number of carbonyl (C=O) groups excluding carboxylic acids is 2. The Labute approximate surface area is 171 Å². The Balaban J connectivity index is 1.57. The highest BCUT2D eigenvalue weighted by Crippen LogP contribution is 2.33. The summed E-state index contributed by atoms with van der Waals surface area (Å²) in [5, 5.41) is 6.22. The molecule has 1 aromatic carbocycles. The molecule has 1 unspecified atom stereocenters. The molecule has 0 radical (unpaired) electrons. The van der Waals surface area contributed by atoms with Gasteiger partial charge in [-0.25, -0.2) is 0 Å². The number of nitrogens with one attached hydrogen (secondary N) is 2. The molecule has 0 bridgehead atoms. The minimum Gasteiger partial charge on any atom is -0.379 e. The van der Waals surface area contributed by atoms with E-state index in [9.17, 15) is 9.59 Å². The largest absolute Gasteiger partial charge is 0.379 e. The quantitative estimate of drug-likeness (QED) is 0.760. The van der Waals surface area contributed by atoms with Crippen molar-refractivity contribution in [2.24, 2.45) is 0 Å². The monoisotopic (exact) mass is 407 g/mol. The van der Waals surface area contributed by atoms with Crippen molar-refractivity contribution in [3.63, 3.8) is 0 Å². The van der Waals surface area contributed by atoms with Crippen LogP contribution in [0, 0.1) is 0 Å². The second-order valence-electron chi connectivity index (χ2n) is 7.78. The van der Waals surface area contributed by atoms with Crippen LogP contribution in [0.2, 0.25) is 5.02 Å². The molecule has 2 fully saturated rings. The zero-order valence-corrected chi connectivity index (χ0v) is 17.3. The fraction of sp³-hybridized carbons (Fsp3) is 0.619. The Morgan fingerprint density at radius 3 is 2.54 bits per heavy atom. The lowest BCUT2D eigenvalue weighted by Gasteiger charge is -2.48. The van der Waals surface area contributed by atoms with Gasteiger partial charge in [-0.3, -0.25) is 14.5 Å². The van der Waals surface area contributed by atoms with E-state index in [0.29, 0.717) is 17.1 Å². The van der Waals surface area contributed by atoms with Crippen LogP contribution < -0.4 is 10.6 Å². The highest BCUT2D eigenvalue weighted by molar-refractivity contribution is 6.33. The van der Waals surface area contributed by atoms with Crippen LogP contribution in [0.15, 0.2) is 24.3 Å². The van der Waals surface area contributed by atoms with Crippen molar-refractivity contribution >= 4 is 23.4 Å². The zero-order valence-electron chi connectivity index (χ0n) is 16.5. The number of ether oxygens (including phenoxy) is 1. The number of morpholine rings is 1. The molecule has 1 saturated carbocycles. The molecule has 0 aromatic heterocycles. The van der Waals surface area contributed by atoms with Gasteiger partial charge in [0, 0.05) is 25.2 Å². The first-order chi connectivity index (χ1) is 13.5. The number of amides is 2. The lowest BCUT2D eigenvalue weighted by Crippen LogP contribution is -2.60. The Kier molecular flexibility index (Phi) is 7.32. The van der Waals surface area contributed by atoms with E-state index >= 15 is 0 Å². The van der Waals surface area contributed by atoms with Crippen LogP contribution >= 0.6 is 11.6 Å². The van der Waals surface area contributed by atoms with Crippen molar-refractivity contribution in [2.75, 3.05) is 32.8 Å². The van der Waals surface area contributed by atoms with Crippen molar-refractivity contribution < 1.29 is 14.3 Å². The van der Waals surface area contributed by atoms with Crippen LogP contribution in [0.5, 0.6) is 0 Å². The molecule has 2 N–H and O–H groups in total.